The molecule has 0 aliphatic heterocycles. The number of hydrogen-bond donors (Lipinski definition) is 3. The zero-order chi connectivity index (χ0) is 24.4. The van der Waals surface area contributed by atoms with Crippen LogP contribution in [-0.2, 0) is 16.3 Å². The third-order valence-corrected chi connectivity index (χ3v) is 5.39. The van der Waals surface area contributed by atoms with Gasteiger partial charge in [0, 0.05) is 15.7 Å². The molecule has 2 amide bonds. The van der Waals surface area contributed by atoms with E-state index < -0.39 is 32.8 Å². The molecule has 0 saturated carbocycles. The molecule has 0 saturated heterocycles. The number of nitrogens with one attached hydrogen (secondary N) is 2. The third-order valence-electron chi connectivity index (χ3n) is 4.04. The van der Waals surface area contributed by atoms with Crippen molar-refractivity contribution in [2.75, 3.05) is 10.6 Å². The Hall–Kier alpha value is -2.99. The van der Waals surface area contributed by atoms with Gasteiger partial charge in [0.25, 0.3) is 10.1 Å². The van der Waals surface area contributed by atoms with Crippen LogP contribution in [0.15, 0.2) is 65.6 Å². The fourth-order valence-corrected chi connectivity index (χ4v) is 3.68. The van der Waals surface area contributed by atoms with Crippen molar-refractivity contribution in [1.29, 1.82) is 0 Å². The summed E-state index contributed by atoms with van der Waals surface area (Å²) in [5.41, 5.74) is -1.12. The Morgan fingerprint density at radius 3 is 2.18 bits per heavy atom. The van der Waals surface area contributed by atoms with Gasteiger partial charge in [0.1, 0.15) is 10.6 Å². The van der Waals surface area contributed by atoms with Crippen molar-refractivity contribution >= 4 is 50.7 Å². The number of alkyl halides is 3. The van der Waals surface area contributed by atoms with Gasteiger partial charge >= 0.3 is 12.2 Å². The molecule has 3 rings (SSSR count). The first-order valence-corrected chi connectivity index (χ1v) is 11.0. The van der Waals surface area contributed by atoms with Crippen LogP contribution in [0, 0.1) is 0 Å². The number of urea groups is 1. The SMILES string of the molecule is O=C(Nc1cccc(C(F)(F)F)c1)Nc1cc(Cl)ccc1Oc1ccc(Cl)cc1S(=O)(=O)O. The molecule has 0 fully saturated rings. The molecule has 0 atom stereocenters. The van der Waals surface area contributed by atoms with Crippen LogP contribution in [0.5, 0.6) is 11.5 Å². The molecule has 0 radical (unpaired) electrons. The minimum Gasteiger partial charge on any atom is -0.454 e. The molecule has 3 N–H and O–H groups in total. The van der Waals surface area contributed by atoms with E-state index in [1.165, 1.54) is 36.4 Å². The van der Waals surface area contributed by atoms with Gasteiger partial charge < -0.3 is 15.4 Å². The van der Waals surface area contributed by atoms with Gasteiger partial charge in [-0.2, -0.15) is 21.6 Å². The highest BCUT2D eigenvalue weighted by atomic mass is 35.5. The van der Waals surface area contributed by atoms with E-state index >= 15 is 0 Å². The van der Waals surface area contributed by atoms with E-state index in [-0.39, 0.29) is 32.9 Å². The van der Waals surface area contributed by atoms with E-state index in [9.17, 15) is 30.9 Å². The minimum atomic E-state index is -4.70. The zero-order valence-corrected chi connectivity index (χ0v) is 18.5. The number of halogens is 5. The molecule has 0 aromatic heterocycles. The lowest BCUT2D eigenvalue weighted by Gasteiger charge is -2.15. The van der Waals surface area contributed by atoms with Crippen LogP contribution in [0.1, 0.15) is 5.56 Å². The van der Waals surface area contributed by atoms with Gasteiger partial charge in [-0.15, -0.1) is 0 Å². The van der Waals surface area contributed by atoms with Gasteiger partial charge in [-0.3, -0.25) is 4.55 Å². The lowest BCUT2D eigenvalue weighted by atomic mass is 10.2. The summed E-state index contributed by atoms with van der Waals surface area (Å²) in [6, 6.07) is 10.5. The third kappa shape index (κ3) is 6.51. The van der Waals surface area contributed by atoms with Crippen molar-refractivity contribution in [2.24, 2.45) is 0 Å². The van der Waals surface area contributed by atoms with Crippen LogP contribution >= 0.6 is 23.2 Å². The van der Waals surface area contributed by atoms with Crippen molar-refractivity contribution < 1.29 is 35.7 Å². The van der Waals surface area contributed by atoms with Crippen LogP contribution < -0.4 is 15.4 Å². The molecule has 174 valence electrons. The molecule has 7 nitrogen and oxygen atoms in total. The quantitative estimate of drug-likeness (QED) is 0.325. The maximum atomic E-state index is 12.9. The Morgan fingerprint density at radius 1 is 0.909 bits per heavy atom. The summed E-state index contributed by atoms with van der Waals surface area (Å²) >= 11 is 11.7. The number of benzene rings is 3. The molecule has 0 spiro atoms. The van der Waals surface area contributed by atoms with Crippen LogP contribution in [0.25, 0.3) is 0 Å². The molecule has 0 aliphatic carbocycles. The average molecular weight is 521 g/mol. The smallest absolute Gasteiger partial charge is 0.416 e. The second-order valence-corrected chi connectivity index (χ2v) is 8.73. The average Bonchev–Trinajstić information content (AvgIpc) is 2.70. The van der Waals surface area contributed by atoms with E-state index in [2.05, 4.69) is 10.6 Å². The topological polar surface area (TPSA) is 105 Å². The Balaban J connectivity index is 1.87. The van der Waals surface area contributed by atoms with E-state index in [0.717, 1.165) is 24.3 Å². The molecule has 13 heteroatoms. The van der Waals surface area contributed by atoms with Gasteiger partial charge in [0.15, 0.2) is 5.75 Å². The fourth-order valence-electron chi connectivity index (χ4n) is 2.63. The molecule has 33 heavy (non-hydrogen) atoms. The second-order valence-electron chi connectivity index (χ2n) is 6.47. The maximum absolute atomic E-state index is 12.9. The fraction of sp³-hybridized carbons (Fsp3) is 0.0500. The molecule has 3 aromatic rings. The molecule has 0 heterocycles. The van der Waals surface area contributed by atoms with E-state index in [0.29, 0.717) is 0 Å². The van der Waals surface area contributed by atoms with Crippen molar-refractivity contribution in [2.45, 2.75) is 11.1 Å². The number of carbonyl (C=O) groups excluding carboxylic acids is 1. The number of anilines is 2. The minimum absolute atomic E-state index is 0.0184. The van der Waals surface area contributed by atoms with E-state index in [1.54, 1.807) is 0 Å². The molecule has 3 aromatic carbocycles. The largest absolute Gasteiger partial charge is 0.454 e. The molecule has 0 bridgehead atoms. The Labute approximate surface area is 195 Å². The highest BCUT2D eigenvalue weighted by Gasteiger charge is 2.30. The van der Waals surface area contributed by atoms with Crippen LogP contribution in [-0.4, -0.2) is 19.0 Å². The lowest BCUT2D eigenvalue weighted by Crippen LogP contribution is -2.20. The van der Waals surface area contributed by atoms with Gasteiger partial charge in [-0.1, -0.05) is 29.3 Å². The second kappa shape index (κ2) is 9.48. The van der Waals surface area contributed by atoms with Crippen molar-refractivity contribution in [3.8, 4) is 11.5 Å². The summed E-state index contributed by atoms with van der Waals surface area (Å²) < 4.78 is 76.9. The number of hydrogen-bond acceptors (Lipinski definition) is 4. The van der Waals surface area contributed by atoms with Gasteiger partial charge in [0.05, 0.1) is 11.3 Å². The van der Waals surface area contributed by atoms with Gasteiger partial charge in [-0.05, 0) is 54.6 Å². The van der Waals surface area contributed by atoms with Crippen LogP contribution in [0.4, 0.5) is 29.3 Å². The van der Waals surface area contributed by atoms with E-state index in [1.807, 2.05) is 0 Å². The zero-order valence-electron chi connectivity index (χ0n) is 16.2. The molecule has 0 unspecified atom stereocenters. The van der Waals surface area contributed by atoms with Crippen LogP contribution in [0.2, 0.25) is 10.0 Å². The van der Waals surface area contributed by atoms with Crippen molar-refractivity contribution in [3.63, 3.8) is 0 Å². The number of ether oxygens (including phenoxy) is 1. The Kier molecular flexibility index (Phi) is 7.08. The summed E-state index contributed by atoms with van der Waals surface area (Å²) in [7, 11) is -4.70. The van der Waals surface area contributed by atoms with Crippen molar-refractivity contribution in [3.05, 3.63) is 76.3 Å². The molecule has 0 aliphatic rings. The number of amides is 2. The van der Waals surface area contributed by atoms with Crippen molar-refractivity contribution in [1.82, 2.24) is 0 Å². The first-order chi connectivity index (χ1) is 15.3. The highest BCUT2D eigenvalue weighted by Crippen LogP contribution is 2.36. The lowest BCUT2D eigenvalue weighted by molar-refractivity contribution is -0.137. The summed E-state index contributed by atoms with van der Waals surface area (Å²) in [5.74, 6) is -0.378. The predicted octanol–water partition coefficient (Wildman–Crippen LogP) is 6.70. The first-order valence-electron chi connectivity index (χ1n) is 8.82. The van der Waals surface area contributed by atoms with Gasteiger partial charge in [-0.25, -0.2) is 4.79 Å². The number of carbonyl (C=O) groups is 1. The monoisotopic (exact) mass is 520 g/mol. The Bertz CT molecular complexity index is 1320. The Morgan fingerprint density at radius 2 is 1.55 bits per heavy atom. The van der Waals surface area contributed by atoms with Crippen LogP contribution in [0.3, 0.4) is 0 Å². The summed E-state index contributed by atoms with van der Waals surface area (Å²) in [5, 5.41) is 4.81. The predicted molar refractivity (Wildman–Crippen MR) is 117 cm³/mol. The van der Waals surface area contributed by atoms with E-state index in [4.69, 9.17) is 27.9 Å². The number of rotatable bonds is 5. The highest BCUT2D eigenvalue weighted by molar-refractivity contribution is 7.86. The first kappa shape index (κ1) is 24.6. The summed E-state index contributed by atoms with van der Waals surface area (Å²) in [6.07, 6.45) is -4.59. The standard InChI is InChI=1S/C20H13Cl2F3N2O5S/c21-12-4-6-16(32-17-7-5-13(22)10-18(17)33(29,30)31)15(9-12)27-19(28)26-14-3-1-2-11(8-14)20(23,24)25/h1-10H,(H2,26,27,28)(H,29,30,31). The normalized spacial score (nSPS) is 11.7. The molecular weight excluding hydrogens is 508 g/mol. The maximum Gasteiger partial charge on any atom is 0.416 e. The summed E-state index contributed by atoms with van der Waals surface area (Å²) in [6.45, 7) is 0. The molecular formula is C20H13Cl2F3N2O5S. The van der Waals surface area contributed by atoms with Gasteiger partial charge in [0.2, 0.25) is 0 Å². The summed E-state index contributed by atoms with van der Waals surface area (Å²) in [4.78, 5) is 11.8.